The monoisotopic (exact) mass is 683 g/mol. The Kier molecular flexibility index (Phi) is 9.90. The lowest BCUT2D eigenvalue weighted by molar-refractivity contribution is -0.139. The van der Waals surface area contributed by atoms with Gasteiger partial charge in [0.2, 0.25) is 0 Å². The van der Waals surface area contributed by atoms with Crippen LogP contribution < -0.4 is 29.1 Å². The first-order valence-electron chi connectivity index (χ1n) is 14.5. The number of nitrogens with zero attached hydrogens (tertiary/aromatic N) is 3. The molecular formula is C32H34BrN3O7S. The molecule has 1 fully saturated rings. The summed E-state index contributed by atoms with van der Waals surface area (Å²) in [5.74, 6) is 1.00. The summed E-state index contributed by atoms with van der Waals surface area (Å²) < 4.78 is 25.1. The number of fused-ring (bicyclic) bond motifs is 1. The van der Waals surface area contributed by atoms with Crippen LogP contribution in [-0.2, 0) is 14.3 Å². The summed E-state index contributed by atoms with van der Waals surface area (Å²) >= 11 is 4.87. The van der Waals surface area contributed by atoms with Crippen LogP contribution in [0, 0.1) is 0 Å². The Morgan fingerprint density at radius 2 is 1.80 bits per heavy atom. The van der Waals surface area contributed by atoms with Gasteiger partial charge in [0.05, 0.1) is 42.2 Å². The van der Waals surface area contributed by atoms with E-state index in [4.69, 9.17) is 18.9 Å². The van der Waals surface area contributed by atoms with E-state index in [9.17, 15) is 14.4 Å². The lowest BCUT2D eigenvalue weighted by atomic mass is 9.95. The van der Waals surface area contributed by atoms with Crippen LogP contribution in [0.3, 0.4) is 0 Å². The van der Waals surface area contributed by atoms with Gasteiger partial charge in [0.15, 0.2) is 22.9 Å². The molecule has 2 aliphatic rings. The molecular weight excluding hydrogens is 650 g/mol. The summed E-state index contributed by atoms with van der Waals surface area (Å²) in [6.45, 7) is 7.47. The summed E-state index contributed by atoms with van der Waals surface area (Å²) in [4.78, 5) is 46.6. The Hall–Kier alpha value is -3.90. The number of rotatable bonds is 10. The molecule has 1 atom stereocenters. The van der Waals surface area contributed by atoms with Crippen molar-refractivity contribution in [3.63, 3.8) is 0 Å². The number of hydrogen-bond acceptors (Lipinski definition) is 9. The predicted octanol–water partition coefficient (Wildman–Crippen LogP) is 3.97. The standard InChI is InChI=1S/C32H34BrN3O7S/c1-5-41-25-16-22(23(33)17-24(25)40-4)29-28(31(39)42-6-2)19(3)34-32-36(29)30(38)26(44-32)15-20-9-11-21(12-10-20)43-18-27(37)35-13-7-8-14-35/h9-12,15-17,29H,5-8,13-14,18H2,1-4H3/b26-15+/t29-/m1/s1. The van der Waals surface area contributed by atoms with Gasteiger partial charge in [0, 0.05) is 17.6 Å². The molecule has 2 aliphatic heterocycles. The minimum atomic E-state index is -0.823. The summed E-state index contributed by atoms with van der Waals surface area (Å²) in [6.07, 6.45) is 3.84. The molecule has 12 heteroatoms. The molecule has 3 heterocycles. The summed E-state index contributed by atoms with van der Waals surface area (Å²) in [7, 11) is 1.55. The molecule has 232 valence electrons. The maximum atomic E-state index is 14.0. The fraction of sp³-hybridized carbons (Fsp3) is 0.375. The number of halogens is 1. The smallest absolute Gasteiger partial charge is 0.338 e. The highest BCUT2D eigenvalue weighted by molar-refractivity contribution is 9.10. The molecule has 0 spiro atoms. The number of benzene rings is 2. The first kappa shape index (κ1) is 31.5. The van der Waals surface area contributed by atoms with Gasteiger partial charge in [0.25, 0.3) is 11.5 Å². The molecule has 2 aromatic carbocycles. The average Bonchev–Trinajstić information content (AvgIpc) is 3.65. The number of esters is 1. The highest BCUT2D eigenvalue weighted by atomic mass is 79.9. The van der Waals surface area contributed by atoms with Gasteiger partial charge in [-0.1, -0.05) is 39.4 Å². The number of methoxy groups -OCH3 is 1. The average molecular weight is 685 g/mol. The van der Waals surface area contributed by atoms with Crippen LogP contribution in [-0.4, -0.2) is 61.4 Å². The van der Waals surface area contributed by atoms with Gasteiger partial charge in [-0.25, -0.2) is 9.79 Å². The van der Waals surface area contributed by atoms with Crippen LogP contribution in [0.1, 0.15) is 50.8 Å². The van der Waals surface area contributed by atoms with Crippen molar-refractivity contribution >= 4 is 45.2 Å². The minimum absolute atomic E-state index is 0.00791. The van der Waals surface area contributed by atoms with E-state index in [-0.39, 0.29) is 30.3 Å². The number of thiazole rings is 1. The molecule has 0 aliphatic carbocycles. The molecule has 10 nitrogen and oxygen atoms in total. The van der Waals surface area contributed by atoms with Gasteiger partial charge in [-0.3, -0.25) is 14.2 Å². The first-order chi connectivity index (χ1) is 21.2. The Labute approximate surface area is 267 Å². The molecule has 1 saturated heterocycles. The largest absolute Gasteiger partial charge is 0.493 e. The van der Waals surface area contributed by atoms with Crippen LogP contribution in [0.15, 0.2) is 61.9 Å². The van der Waals surface area contributed by atoms with Crippen molar-refractivity contribution in [2.24, 2.45) is 4.99 Å². The Morgan fingerprint density at radius 1 is 1.07 bits per heavy atom. The topological polar surface area (TPSA) is 109 Å². The second kappa shape index (κ2) is 13.8. The zero-order valence-electron chi connectivity index (χ0n) is 25.1. The second-order valence-corrected chi connectivity index (χ2v) is 12.1. The zero-order chi connectivity index (χ0) is 31.4. The molecule has 1 amide bonds. The quantitative estimate of drug-likeness (QED) is 0.298. The number of carbonyl (C=O) groups excluding carboxylic acids is 2. The summed E-state index contributed by atoms with van der Waals surface area (Å²) in [5, 5.41) is 0. The first-order valence-corrected chi connectivity index (χ1v) is 16.1. The fourth-order valence-electron chi connectivity index (χ4n) is 5.29. The van der Waals surface area contributed by atoms with E-state index in [1.807, 2.05) is 24.0 Å². The van der Waals surface area contributed by atoms with Gasteiger partial charge in [-0.2, -0.15) is 0 Å². The van der Waals surface area contributed by atoms with Crippen molar-refractivity contribution in [1.82, 2.24) is 9.47 Å². The Balaban J connectivity index is 1.53. The number of likely N-dealkylation sites (tertiary alicyclic amines) is 1. The highest BCUT2D eigenvalue weighted by Gasteiger charge is 2.35. The normalized spacial score (nSPS) is 16.4. The number of aromatic nitrogens is 1. The van der Waals surface area contributed by atoms with E-state index in [0.717, 1.165) is 31.5 Å². The lowest BCUT2D eigenvalue weighted by Gasteiger charge is -2.26. The maximum absolute atomic E-state index is 14.0. The Morgan fingerprint density at radius 3 is 2.45 bits per heavy atom. The van der Waals surface area contributed by atoms with Crippen molar-refractivity contribution in [1.29, 1.82) is 0 Å². The van der Waals surface area contributed by atoms with E-state index in [1.54, 1.807) is 51.3 Å². The molecule has 0 radical (unpaired) electrons. The lowest BCUT2D eigenvalue weighted by Crippen LogP contribution is -2.40. The van der Waals surface area contributed by atoms with E-state index in [2.05, 4.69) is 20.9 Å². The second-order valence-electron chi connectivity index (χ2n) is 10.2. The number of carbonyl (C=O) groups is 2. The molecule has 1 aromatic heterocycles. The third kappa shape index (κ3) is 6.46. The van der Waals surface area contributed by atoms with Crippen molar-refractivity contribution in [3.05, 3.63) is 83.0 Å². The SMILES string of the molecule is CCOC(=O)C1=C(C)N=c2s/c(=C/c3ccc(OCC(=O)N4CCCC4)cc3)c(=O)n2[C@@H]1c1cc(OCC)c(OC)cc1Br. The van der Waals surface area contributed by atoms with E-state index in [1.165, 1.54) is 15.9 Å². The van der Waals surface area contributed by atoms with Crippen LogP contribution in [0.4, 0.5) is 0 Å². The van der Waals surface area contributed by atoms with Crippen molar-refractivity contribution in [2.75, 3.05) is 40.0 Å². The molecule has 3 aromatic rings. The third-order valence-electron chi connectivity index (χ3n) is 7.39. The van der Waals surface area contributed by atoms with Crippen molar-refractivity contribution in [2.45, 2.75) is 39.7 Å². The Bertz CT molecular complexity index is 1770. The molecule has 0 N–H and O–H groups in total. The van der Waals surface area contributed by atoms with Gasteiger partial charge in [-0.05, 0) is 75.1 Å². The van der Waals surface area contributed by atoms with Crippen molar-refractivity contribution < 1.29 is 28.5 Å². The molecule has 0 bridgehead atoms. The summed E-state index contributed by atoms with van der Waals surface area (Å²) in [5.41, 5.74) is 1.83. The van der Waals surface area contributed by atoms with E-state index in [0.29, 0.717) is 48.9 Å². The fourth-order valence-corrected chi connectivity index (χ4v) is 6.87. The van der Waals surface area contributed by atoms with E-state index >= 15 is 0 Å². The number of ether oxygens (including phenoxy) is 4. The third-order valence-corrected chi connectivity index (χ3v) is 9.06. The van der Waals surface area contributed by atoms with Crippen LogP contribution in [0.2, 0.25) is 0 Å². The predicted molar refractivity (Wildman–Crippen MR) is 170 cm³/mol. The van der Waals surface area contributed by atoms with Crippen molar-refractivity contribution in [3.8, 4) is 17.2 Å². The number of allylic oxidation sites excluding steroid dienone is 1. The summed E-state index contributed by atoms with van der Waals surface area (Å²) in [6, 6.07) is 9.92. The van der Waals surface area contributed by atoms with Gasteiger partial charge in [0.1, 0.15) is 5.75 Å². The van der Waals surface area contributed by atoms with Crippen LogP contribution in [0.25, 0.3) is 6.08 Å². The minimum Gasteiger partial charge on any atom is -0.493 e. The van der Waals surface area contributed by atoms with E-state index < -0.39 is 12.0 Å². The molecule has 0 unspecified atom stereocenters. The van der Waals surface area contributed by atoms with Gasteiger partial charge < -0.3 is 23.8 Å². The van der Waals surface area contributed by atoms with Gasteiger partial charge in [-0.15, -0.1) is 0 Å². The molecule has 44 heavy (non-hydrogen) atoms. The van der Waals surface area contributed by atoms with Crippen LogP contribution >= 0.6 is 27.3 Å². The zero-order valence-corrected chi connectivity index (χ0v) is 27.5. The maximum Gasteiger partial charge on any atom is 0.338 e. The highest BCUT2D eigenvalue weighted by Crippen LogP contribution is 2.41. The number of amides is 1. The molecule has 0 saturated carbocycles. The molecule has 5 rings (SSSR count). The number of hydrogen-bond donors (Lipinski definition) is 0. The van der Waals surface area contributed by atoms with Gasteiger partial charge >= 0.3 is 5.97 Å². The van der Waals surface area contributed by atoms with Crippen LogP contribution in [0.5, 0.6) is 17.2 Å².